The molecule has 2 aromatic rings. The lowest BCUT2D eigenvalue weighted by Gasteiger charge is -2.32. The van der Waals surface area contributed by atoms with E-state index in [9.17, 15) is 9.59 Å². The molecule has 1 aromatic carbocycles. The fourth-order valence-corrected chi connectivity index (χ4v) is 4.48. The summed E-state index contributed by atoms with van der Waals surface area (Å²) < 4.78 is 13.5. The van der Waals surface area contributed by atoms with Crippen molar-refractivity contribution in [2.45, 2.75) is 58.6 Å². The second kappa shape index (κ2) is 8.16. The minimum Gasteiger partial charge on any atom is -0.483 e. The normalized spacial score (nSPS) is 20.0. The van der Waals surface area contributed by atoms with Gasteiger partial charge in [0.15, 0.2) is 18.1 Å². The Balaban J connectivity index is 1.35. The molecule has 1 N–H and O–H groups in total. The third kappa shape index (κ3) is 4.22. The summed E-state index contributed by atoms with van der Waals surface area (Å²) in [5.41, 5.74) is 0.687. The molecule has 0 bridgehead atoms. The molecule has 4 rings (SSSR count). The first-order valence-corrected chi connectivity index (χ1v) is 10.7. The van der Waals surface area contributed by atoms with Gasteiger partial charge in [-0.3, -0.25) is 9.36 Å². The monoisotopic (exact) mass is 414 g/mol. The first-order chi connectivity index (χ1) is 14.4. The van der Waals surface area contributed by atoms with Crippen molar-refractivity contribution in [3.63, 3.8) is 0 Å². The summed E-state index contributed by atoms with van der Waals surface area (Å²) in [4.78, 5) is 26.5. The molecule has 2 aliphatic rings. The molecule has 0 saturated carbocycles. The summed E-state index contributed by atoms with van der Waals surface area (Å²) in [6.07, 6.45) is 3.48. The van der Waals surface area contributed by atoms with E-state index in [0.717, 1.165) is 42.9 Å². The van der Waals surface area contributed by atoms with Crippen molar-refractivity contribution in [2.24, 2.45) is 5.92 Å². The lowest BCUT2D eigenvalue weighted by atomic mass is 9.94. The van der Waals surface area contributed by atoms with Gasteiger partial charge in [-0.15, -0.1) is 0 Å². The number of ether oxygens (including phenoxy) is 2. The Hall–Kier alpha value is -2.77. The van der Waals surface area contributed by atoms with Crippen molar-refractivity contribution in [1.29, 1.82) is 0 Å². The number of nitrogens with one attached hydrogen (secondary N) is 1. The molecule has 8 nitrogen and oxygen atoms in total. The van der Waals surface area contributed by atoms with Gasteiger partial charge >= 0.3 is 5.69 Å². The van der Waals surface area contributed by atoms with Gasteiger partial charge in [0.25, 0.3) is 5.91 Å². The highest BCUT2D eigenvalue weighted by atomic mass is 16.5. The number of aromatic nitrogens is 3. The van der Waals surface area contributed by atoms with Gasteiger partial charge in [0.05, 0.1) is 0 Å². The van der Waals surface area contributed by atoms with Crippen molar-refractivity contribution >= 4 is 5.91 Å². The molecular weight excluding hydrogens is 384 g/mol. The second-order valence-corrected chi connectivity index (χ2v) is 8.81. The fourth-order valence-electron chi connectivity index (χ4n) is 4.48. The highest BCUT2D eigenvalue weighted by molar-refractivity contribution is 5.78. The number of H-pyrrole nitrogens is 1. The van der Waals surface area contributed by atoms with Crippen LogP contribution in [0.2, 0.25) is 0 Å². The van der Waals surface area contributed by atoms with Crippen molar-refractivity contribution in [3.05, 3.63) is 40.1 Å². The molecule has 0 aliphatic carbocycles. The zero-order chi connectivity index (χ0) is 21.3. The SMILES string of the molecule is CCn1c(CC2CCCN(C(=O)COc3cccc4c3OC(C)(C)C4)C2)n[nH]c1=O. The van der Waals surface area contributed by atoms with E-state index in [4.69, 9.17) is 9.47 Å². The number of nitrogens with zero attached hydrogens (tertiary/aromatic N) is 3. The molecule has 0 spiro atoms. The lowest BCUT2D eigenvalue weighted by Crippen LogP contribution is -2.43. The van der Waals surface area contributed by atoms with E-state index in [1.807, 2.05) is 43.9 Å². The number of fused-ring (bicyclic) bond motifs is 1. The molecule has 3 heterocycles. The van der Waals surface area contributed by atoms with Crippen molar-refractivity contribution < 1.29 is 14.3 Å². The molecule has 0 radical (unpaired) electrons. The fraction of sp³-hybridized carbons (Fsp3) is 0.591. The van der Waals surface area contributed by atoms with Gasteiger partial charge in [-0.2, -0.15) is 5.10 Å². The predicted molar refractivity (Wildman–Crippen MR) is 112 cm³/mol. The van der Waals surface area contributed by atoms with Crippen LogP contribution in [0.3, 0.4) is 0 Å². The summed E-state index contributed by atoms with van der Waals surface area (Å²) in [5.74, 6) is 2.40. The summed E-state index contributed by atoms with van der Waals surface area (Å²) in [6.45, 7) is 8.00. The van der Waals surface area contributed by atoms with Crippen molar-refractivity contribution in [2.75, 3.05) is 19.7 Å². The topological polar surface area (TPSA) is 89.4 Å². The maximum atomic E-state index is 12.8. The van der Waals surface area contributed by atoms with Crippen LogP contribution in [-0.4, -0.2) is 50.9 Å². The molecule has 30 heavy (non-hydrogen) atoms. The van der Waals surface area contributed by atoms with E-state index in [-0.39, 0.29) is 29.7 Å². The van der Waals surface area contributed by atoms with Gasteiger partial charge in [0.2, 0.25) is 0 Å². The van der Waals surface area contributed by atoms with E-state index in [0.29, 0.717) is 25.3 Å². The number of carbonyl (C=O) groups is 1. The Bertz CT molecular complexity index is 978. The number of benzene rings is 1. The molecule has 1 unspecified atom stereocenters. The van der Waals surface area contributed by atoms with Crippen LogP contribution in [0, 0.1) is 5.92 Å². The molecule has 2 aliphatic heterocycles. The number of aromatic amines is 1. The standard InChI is InChI=1S/C22H30N4O4/c1-4-26-18(23-24-21(26)28)11-15-7-6-10-25(13-15)19(27)14-29-17-9-5-8-16-12-22(2,3)30-20(16)17/h5,8-9,15H,4,6-7,10-14H2,1-3H3,(H,24,28). The third-order valence-electron chi connectivity index (χ3n) is 5.90. The van der Waals surface area contributed by atoms with Crippen molar-refractivity contribution in [3.8, 4) is 11.5 Å². The van der Waals surface area contributed by atoms with Crippen LogP contribution in [0.15, 0.2) is 23.0 Å². The molecule has 1 atom stereocenters. The number of hydrogen-bond donors (Lipinski definition) is 1. The lowest BCUT2D eigenvalue weighted by molar-refractivity contribution is -0.135. The smallest absolute Gasteiger partial charge is 0.343 e. The van der Waals surface area contributed by atoms with Gasteiger partial charge in [-0.25, -0.2) is 9.89 Å². The summed E-state index contributed by atoms with van der Waals surface area (Å²) in [7, 11) is 0. The molecule has 1 saturated heterocycles. The van der Waals surface area contributed by atoms with Crippen molar-refractivity contribution in [1.82, 2.24) is 19.7 Å². The second-order valence-electron chi connectivity index (χ2n) is 8.81. The summed E-state index contributed by atoms with van der Waals surface area (Å²) >= 11 is 0. The number of hydrogen-bond acceptors (Lipinski definition) is 5. The number of para-hydroxylation sites is 1. The number of rotatable bonds is 6. The Morgan fingerprint density at radius 2 is 2.23 bits per heavy atom. The van der Waals surface area contributed by atoms with Crippen LogP contribution >= 0.6 is 0 Å². The van der Waals surface area contributed by atoms with Crippen LogP contribution in [0.5, 0.6) is 11.5 Å². The van der Waals surface area contributed by atoms with Crippen LogP contribution in [0.1, 0.15) is 45.0 Å². The number of amides is 1. The first kappa shape index (κ1) is 20.5. The molecule has 8 heteroatoms. The van der Waals surface area contributed by atoms with Gasteiger partial charge in [-0.05, 0) is 45.6 Å². The van der Waals surface area contributed by atoms with E-state index in [1.54, 1.807) is 4.57 Å². The van der Waals surface area contributed by atoms with E-state index >= 15 is 0 Å². The van der Waals surface area contributed by atoms with Gasteiger partial charge in [0, 0.05) is 38.0 Å². The number of piperidine rings is 1. The van der Waals surface area contributed by atoms with E-state index in [2.05, 4.69) is 10.2 Å². The van der Waals surface area contributed by atoms with Crippen LogP contribution in [0.25, 0.3) is 0 Å². The Labute approximate surface area is 176 Å². The largest absolute Gasteiger partial charge is 0.483 e. The third-order valence-corrected chi connectivity index (χ3v) is 5.90. The zero-order valence-corrected chi connectivity index (χ0v) is 17.9. The Morgan fingerprint density at radius 1 is 1.40 bits per heavy atom. The van der Waals surface area contributed by atoms with Gasteiger partial charge in [0.1, 0.15) is 11.4 Å². The molecule has 162 valence electrons. The minimum atomic E-state index is -0.253. The number of likely N-dealkylation sites (tertiary alicyclic amines) is 1. The summed E-state index contributed by atoms with van der Waals surface area (Å²) in [6, 6.07) is 5.84. The maximum absolute atomic E-state index is 12.8. The molecule has 1 aromatic heterocycles. The minimum absolute atomic E-state index is 0.00493. The quantitative estimate of drug-likeness (QED) is 0.782. The van der Waals surface area contributed by atoms with Gasteiger partial charge < -0.3 is 14.4 Å². The molecular formula is C22H30N4O4. The Morgan fingerprint density at radius 3 is 3.03 bits per heavy atom. The Kier molecular flexibility index (Phi) is 5.58. The average molecular weight is 415 g/mol. The molecule has 1 amide bonds. The van der Waals surface area contributed by atoms with Gasteiger partial charge in [-0.1, -0.05) is 12.1 Å². The van der Waals surface area contributed by atoms with E-state index < -0.39 is 0 Å². The van der Waals surface area contributed by atoms with E-state index in [1.165, 1.54) is 0 Å². The summed E-state index contributed by atoms with van der Waals surface area (Å²) in [5, 5.41) is 6.68. The highest BCUT2D eigenvalue weighted by Crippen LogP contribution is 2.41. The van der Waals surface area contributed by atoms with Crippen LogP contribution in [0.4, 0.5) is 0 Å². The van der Waals surface area contributed by atoms with Crippen LogP contribution in [-0.2, 0) is 24.2 Å². The number of carbonyl (C=O) groups excluding carboxylic acids is 1. The van der Waals surface area contributed by atoms with Crippen LogP contribution < -0.4 is 15.2 Å². The highest BCUT2D eigenvalue weighted by Gasteiger charge is 2.32. The zero-order valence-electron chi connectivity index (χ0n) is 17.9. The molecule has 1 fully saturated rings. The average Bonchev–Trinajstić information content (AvgIpc) is 3.23. The maximum Gasteiger partial charge on any atom is 0.343 e. The first-order valence-electron chi connectivity index (χ1n) is 10.7. The predicted octanol–water partition coefficient (Wildman–Crippen LogP) is 2.16.